The molecule has 0 radical (unpaired) electrons. The summed E-state index contributed by atoms with van der Waals surface area (Å²) in [6, 6.07) is 12.4. The van der Waals surface area contributed by atoms with Gasteiger partial charge in [-0.3, -0.25) is 0 Å². The van der Waals surface area contributed by atoms with Gasteiger partial charge in [0, 0.05) is 23.2 Å². The zero-order valence-corrected chi connectivity index (χ0v) is 15.4. The number of phenolic OH excluding ortho intramolecular Hbond substituents is 1. The second-order valence-corrected chi connectivity index (χ2v) is 7.00. The predicted molar refractivity (Wildman–Crippen MR) is 103 cm³/mol. The van der Waals surface area contributed by atoms with Crippen molar-refractivity contribution in [1.29, 1.82) is 0 Å². The van der Waals surface area contributed by atoms with Gasteiger partial charge < -0.3 is 30.5 Å². The Labute approximate surface area is 169 Å². The van der Waals surface area contributed by atoms with Crippen molar-refractivity contribution < 1.29 is 34.4 Å². The van der Waals surface area contributed by atoms with Crippen LogP contribution in [-0.4, -0.2) is 27.3 Å². The lowest BCUT2D eigenvalue weighted by atomic mass is 9.76. The molecule has 5 N–H and O–H groups in total. The summed E-state index contributed by atoms with van der Waals surface area (Å²) in [4.78, 5) is 24.7. The van der Waals surface area contributed by atoms with Crippen LogP contribution in [0.15, 0.2) is 48.5 Å². The summed E-state index contributed by atoms with van der Waals surface area (Å²) in [6.45, 7) is -0.114. The first-order chi connectivity index (χ1) is 14.4. The minimum atomic E-state index is -1.52. The molecule has 0 amide bonds. The lowest BCUT2D eigenvalue weighted by Gasteiger charge is -2.37. The van der Waals surface area contributed by atoms with E-state index in [1.165, 1.54) is 18.2 Å². The van der Waals surface area contributed by atoms with Crippen LogP contribution in [0.25, 0.3) is 0 Å². The molecule has 150 valence electrons. The highest BCUT2D eigenvalue weighted by Gasteiger charge is 2.55. The Kier molecular flexibility index (Phi) is 3.59. The smallest absolute Gasteiger partial charge is 0.343 e. The largest absolute Gasteiger partial charge is 0.507 e. The molecule has 2 heterocycles. The first kappa shape index (κ1) is 18.0. The number of aromatic carboxylic acids is 1. The van der Waals surface area contributed by atoms with Gasteiger partial charge in [-0.15, -0.1) is 0 Å². The predicted octanol–water partition coefficient (Wildman–Crippen LogP) is 2.82. The Morgan fingerprint density at radius 1 is 0.933 bits per heavy atom. The molecule has 2 aliphatic rings. The Bertz CT molecular complexity index is 1270. The van der Waals surface area contributed by atoms with Crippen molar-refractivity contribution in [2.24, 2.45) is 5.73 Å². The molecule has 8 nitrogen and oxygen atoms in total. The highest BCUT2D eigenvalue weighted by atomic mass is 16.6. The fourth-order valence-corrected chi connectivity index (χ4v) is 4.24. The van der Waals surface area contributed by atoms with E-state index in [2.05, 4.69) is 0 Å². The second-order valence-electron chi connectivity index (χ2n) is 7.00. The molecule has 3 aromatic carbocycles. The van der Waals surface area contributed by atoms with Gasteiger partial charge in [0.1, 0.15) is 22.8 Å². The normalized spacial score (nSPS) is 18.2. The first-order valence-electron chi connectivity index (χ1n) is 9.06. The molecule has 8 heteroatoms. The molecule has 0 bridgehead atoms. The van der Waals surface area contributed by atoms with Gasteiger partial charge in [0.15, 0.2) is 11.4 Å². The molecule has 0 aromatic heterocycles. The minimum absolute atomic E-state index is 0.0857. The van der Waals surface area contributed by atoms with Gasteiger partial charge in [-0.25, -0.2) is 9.59 Å². The van der Waals surface area contributed by atoms with E-state index in [0.29, 0.717) is 16.7 Å². The average molecular weight is 405 g/mol. The van der Waals surface area contributed by atoms with Gasteiger partial charge in [-0.05, 0) is 30.3 Å². The molecule has 0 saturated carbocycles. The van der Waals surface area contributed by atoms with E-state index in [-0.39, 0.29) is 34.9 Å². The van der Waals surface area contributed by atoms with Gasteiger partial charge >= 0.3 is 11.9 Å². The molecule has 5 rings (SSSR count). The standard InChI is InChI=1S/C22H15NO7/c23-9-11-15(24)7-5-13-18(11)29-19-14(6-8-16(25)17(19)20(26)27)22(13)12-4-2-1-3-10(12)21(28)30-22/h1-8,24-25H,9,23H2,(H,26,27). The number of ether oxygens (including phenoxy) is 2. The van der Waals surface area contributed by atoms with E-state index in [1.54, 1.807) is 30.3 Å². The van der Waals surface area contributed by atoms with Crippen molar-refractivity contribution in [3.8, 4) is 23.0 Å². The van der Waals surface area contributed by atoms with Crippen molar-refractivity contribution in [2.75, 3.05) is 0 Å². The number of phenols is 2. The van der Waals surface area contributed by atoms with E-state index in [4.69, 9.17) is 15.2 Å². The Balaban J connectivity index is 1.97. The summed E-state index contributed by atoms with van der Waals surface area (Å²) in [5, 5.41) is 30.2. The molecule has 1 atom stereocenters. The third-order valence-electron chi connectivity index (χ3n) is 5.52. The summed E-state index contributed by atoms with van der Waals surface area (Å²) >= 11 is 0. The van der Waals surface area contributed by atoms with Crippen LogP contribution >= 0.6 is 0 Å². The van der Waals surface area contributed by atoms with Crippen LogP contribution in [0.5, 0.6) is 23.0 Å². The number of hydrogen-bond acceptors (Lipinski definition) is 7. The number of carbonyl (C=O) groups is 2. The van der Waals surface area contributed by atoms with Crippen molar-refractivity contribution in [3.05, 3.63) is 81.9 Å². The molecule has 1 spiro atoms. The van der Waals surface area contributed by atoms with Gasteiger partial charge in [-0.2, -0.15) is 0 Å². The summed E-state index contributed by atoms with van der Waals surface area (Å²) in [7, 11) is 0. The van der Waals surface area contributed by atoms with Crippen LogP contribution < -0.4 is 10.5 Å². The number of hydrogen-bond donors (Lipinski definition) is 4. The lowest BCUT2D eigenvalue weighted by Crippen LogP contribution is -2.34. The number of fused-ring (bicyclic) bond motifs is 6. The van der Waals surface area contributed by atoms with Crippen LogP contribution in [0.1, 0.15) is 43.0 Å². The summed E-state index contributed by atoms with van der Waals surface area (Å²) in [5.41, 5.74) is 5.50. The third-order valence-corrected chi connectivity index (χ3v) is 5.52. The minimum Gasteiger partial charge on any atom is -0.507 e. The molecule has 1 unspecified atom stereocenters. The number of rotatable bonds is 2. The Hall–Kier alpha value is -4.04. The topological polar surface area (TPSA) is 139 Å². The van der Waals surface area contributed by atoms with E-state index >= 15 is 0 Å². The van der Waals surface area contributed by atoms with E-state index in [1.807, 2.05) is 0 Å². The fraction of sp³-hybridized carbons (Fsp3) is 0.0909. The first-order valence-corrected chi connectivity index (χ1v) is 9.06. The number of aromatic hydroxyl groups is 2. The lowest BCUT2D eigenvalue weighted by molar-refractivity contribution is 0.0223. The maximum atomic E-state index is 12.8. The van der Waals surface area contributed by atoms with Crippen LogP contribution in [0, 0.1) is 0 Å². The number of benzene rings is 3. The van der Waals surface area contributed by atoms with Crippen molar-refractivity contribution in [3.63, 3.8) is 0 Å². The maximum Gasteiger partial charge on any atom is 0.343 e. The van der Waals surface area contributed by atoms with E-state index < -0.39 is 28.9 Å². The zero-order valence-electron chi connectivity index (χ0n) is 15.4. The Morgan fingerprint density at radius 3 is 2.30 bits per heavy atom. The molecular formula is C22H15NO7. The summed E-state index contributed by atoms with van der Waals surface area (Å²) in [6.07, 6.45) is 0. The molecule has 0 fully saturated rings. The van der Waals surface area contributed by atoms with Gasteiger partial charge in [0.05, 0.1) is 11.1 Å². The van der Waals surface area contributed by atoms with Crippen molar-refractivity contribution in [1.82, 2.24) is 0 Å². The fourth-order valence-electron chi connectivity index (χ4n) is 4.24. The maximum absolute atomic E-state index is 12.8. The van der Waals surface area contributed by atoms with Crippen LogP contribution in [-0.2, 0) is 16.9 Å². The highest BCUT2D eigenvalue weighted by Crippen LogP contribution is 2.59. The summed E-state index contributed by atoms with van der Waals surface area (Å²) < 4.78 is 11.8. The highest BCUT2D eigenvalue weighted by molar-refractivity contribution is 5.99. The monoisotopic (exact) mass is 405 g/mol. The SMILES string of the molecule is NCc1c(O)ccc2c1Oc1c(ccc(O)c1C(=O)O)C21OC(=O)c2ccccc21. The van der Waals surface area contributed by atoms with E-state index in [0.717, 1.165) is 0 Å². The molecule has 0 aliphatic carbocycles. The van der Waals surface area contributed by atoms with Crippen LogP contribution in [0.4, 0.5) is 0 Å². The summed E-state index contributed by atoms with van der Waals surface area (Å²) in [5.74, 6) is -2.76. The van der Waals surface area contributed by atoms with Gasteiger partial charge in [-0.1, -0.05) is 18.2 Å². The zero-order chi connectivity index (χ0) is 21.2. The molecule has 2 aliphatic heterocycles. The number of esters is 1. The number of carboxylic acid groups (broad SMARTS) is 1. The second kappa shape index (κ2) is 5.98. The molecule has 30 heavy (non-hydrogen) atoms. The molecule has 3 aromatic rings. The third kappa shape index (κ3) is 2.08. The van der Waals surface area contributed by atoms with Crippen molar-refractivity contribution >= 4 is 11.9 Å². The number of carbonyl (C=O) groups excluding carboxylic acids is 1. The Morgan fingerprint density at radius 2 is 1.60 bits per heavy atom. The number of carboxylic acids is 1. The molecular weight excluding hydrogens is 390 g/mol. The molecule has 0 saturated heterocycles. The van der Waals surface area contributed by atoms with Crippen LogP contribution in [0.3, 0.4) is 0 Å². The number of nitrogens with two attached hydrogens (primary N) is 1. The average Bonchev–Trinajstić information content (AvgIpc) is 3.01. The van der Waals surface area contributed by atoms with Crippen molar-refractivity contribution in [2.45, 2.75) is 12.1 Å². The van der Waals surface area contributed by atoms with Crippen LogP contribution in [0.2, 0.25) is 0 Å². The van der Waals surface area contributed by atoms with Gasteiger partial charge in [0.2, 0.25) is 0 Å². The van der Waals surface area contributed by atoms with Gasteiger partial charge in [0.25, 0.3) is 0 Å². The quantitative estimate of drug-likeness (QED) is 0.477. The van der Waals surface area contributed by atoms with E-state index in [9.17, 15) is 24.9 Å².